The lowest BCUT2D eigenvalue weighted by Crippen LogP contribution is -2.47. The summed E-state index contributed by atoms with van der Waals surface area (Å²) in [7, 11) is 3.91. The predicted molar refractivity (Wildman–Crippen MR) is 217 cm³/mol. The molecule has 0 N–H and O–H groups in total. The summed E-state index contributed by atoms with van der Waals surface area (Å²) in [6, 6.07) is 11.4. The van der Waals surface area contributed by atoms with Crippen LogP contribution >= 0.6 is 21.6 Å². The molecule has 6 rings (SSSR count). The Morgan fingerprint density at radius 1 is 0.862 bits per heavy atom. The van der Waals surface area contributed by atoms with Crippen molar-refractivity contribution >= 4 is 50.6 Å². The van der Waals surface area contributed by atoms with Crippen LogP contribution in [0.25, 0.3) is 22.3 Å². The molecule has 2 aromatic heterocycles. The molecule has 0 amide bonds. The second kappa shape index (κ2) is 22.6. The number of aromatic nitrogens is 2. The summed E-state index contributed by atoms with van der Waals surface area (Å²) < 4.78 is 50.5. The Kier molecular flexibility index (Phi) is 17.1. The summed E-state index contributed by atoms with van der Waals surface area (Å²) >= 11 is 0. The number of cyclic esters (lactones) is 1. The van der Waals surface area contributed by atoms with Crippen molar-refractivity contribution < 1.29 is 57.0 Å². The highest BCUT2D eigenvalue weighted by molar-refractivity contribution is 8.77. The van der Waals surface area contributed by atoms with Gasteiger partial charge in [0.25, 0.3) is 5.56 Å². The number of pyridine rings is 2. The molecule has 15 nitrogen and oxygen atoms in total. The lowest BCUT2D eigenvalue weighted by Gasteiger charge is -2.35. The fraction of sp³-hybridized carbons (Fsp3) is 0.585. The molecule has 2 atom stereocenters. The summed E-state index contributed by atoms with van der Waals surface area (Å²) in [5, 5.41) is 1.70. The molecule has 5 heterocycles. The summed E-state index contributed by atoms with van der Waals surface area (Å²) in [5.74, 6) is 0.295. The third kappa shape index (κ3) is 11.7. The third-order valence-corrected chi connectivity index (χ3v) is 13.0. The highest BCUT2D eigenvalue weighted by Gasteiger charge is 2.51. The minimum Gasteiger partial charge on any atom is -0.463 e. The van der Waals surface area contributed by atoms with E-state index in [1.807, 2.05) is 51.9 Å². The van der Waals surface area contributed by atoms with E-state index in [0.29, 0.717) is 77.2 Å². The number of hydrogen-bond acceptors (Lipinski definition) is 16. The first-order chi connectivity index (χ1) is 28.4. The molecule has 0 bridgehead atoms. The molecule has 316 valence electrons. The first-order valence-electron chi connectivity index (χ1n) is 19.9. The van der Waals surface area contributed by atoms with Gasteiger partial charge in [0.2, 0.25) is 5.60 Å². The van der Waals surface area contributed by atoms with Gasteiger partial charge in [0.05, 0.1) is 95.1 Å². The van der Waals surface area contributed by atoms with E-state index in [0.717, 1.165) is 34.6 Å². The van der Waals surface area contributed by atoms with Gasteiger partial charge in [-0.1, -0.05) is 53.1 Å². The molecular weight excluding hydrogens is 793 g/mol. The minimum absolute atomic E-state index is 0.0227. The Bertz CT molecular complexity index is 1900. The van der Waals surface area contributed by atoms with Gasteiger partial charge >= 0.3 is 18.1 Å². The van der Waals surface area contributed by atoms with Crippen molar-refractivity contribution in [3.63, 3.8) is 0 Å². The van der Waals surface area contributed by atoms with E-state index < -0.39 is 17.7 Å². The monoisotopic (exact) mass is 844 g/mol. The number of nitrogens with zero attached hydrogens (tertiary/aromatic N) is 2. The van der Waals surface area contributed by atoms with Gasteiger partial charge in [-0.3, -0.25) is 9.59 Å². The number of para-hydroxylation sites is 1. The smallest absolute Gasteiger partial charge is 0.463 e. The molecular formula is C41H52N2O13S2. The van der Waals surface area contributed by atoms with Crippen LogP contribution in [0, 0.1) is 0 Å². The van der Waals surface area contributed by atoms with Crippen LogP contribution in [-0.4, -0.2) is 118 Å². The van der Waals surface area contributed by atoms with Crippen LogP contribution < -0.4 is 5.56 Å². The van der Waals surface area contributed by atoms with E-state index in [1.54, 1.807) is 17.6 Å². The van der Waals surface area contributed by atoms with Crippen LogP contribution in [-0.2, 0) is 71.0 Å². The number of hydrogen-bond donors (Lipinski definition) is 0. The number of esters is 2. The molecule has 3 aliphatic heterocycles. The molecule has 3 aliphatic rings. The van der Waals surface area contributed by atoms with Crippen LogP contribution in [0.4, 0.5) is 4.79 Å². The first-order valence-corrected chi connectivity index (χ1v) is 22.3. The number of benzene rings is 1. The standard InChI is InChI=1S/C41H52N2O13S2/c1-2-41(33-26-35-37-30(25-29-7-3-5-9-34(29)42-37)27-43(35)38(45)32(33)28-55-39(41)46)56-40(47)54-23-21-52-19-17-50-15-13-48-12-14-49-16-18-51-20-22-53-36(44)10-6-4-8-31-11-24-57-58-31/h3,5,7,9,25-26,31H,2,4,6,8,10-24,27-28H2,1H3. The number of unbranched alkanes of at least 4 members (excludes halogenated alkanes) is 1. The Balaban J connectivity index is 0.780. The molecule has 1 fully saturated rings. The maximum Gasteiger partial charge on any atom is 0.509 e. The Labute approximate surface area is 345 Å². The van der Waals surface area contributed by atoms with Crippen molar-refractivity contribution in [2.45, 2.75) is 69.5 Å². The number of fused-ring (bicyclic) bond motifs is 5. The predicted octanol–water partition coefficient (Wildman–Crippen LogP) is 5.58. The Morgan fingerprint density at radius 3 is 2.17 bits per heavy atom. The maximum absolute atomic E-state index is 13.7. The van der Waals surface area contributed by atoms with Crippen molar-refractivity contribution in [3.8, 4) is 11.4 Å². The van der Waals surface area contributed by atoms with Crippen molar-refractivity contribution in [3.05, 3.63) is 63.4 Å². The molecule has 17 heteroatoms. The average molecular weight is 845 g/mol. The van der Waals surface area contributed by atoms with E-state index in [1.165, 1.54) is 18.6 Å². The van der Waals surface area contributed by atoms with Gasteiger partial charge in [0.1, 0.15) is 19.8 Å². The zero-order valence-electron chi connectivity index (χ0n) is 32.9. The van der Waals surface area contributed by atoms with Crippen LogP contribution in [0.3, 0.4) is 0 Å². The zero-order chi connectivity index (χ0) is 40.6. The fourth-order valence-corrected chi connectivity index (χ4v) is 9.94. The van der Waals surface area contributed by atoms with Crippen molar-refractivity contribution in [2.24, 2.45) is 0 Å². The summed E-state index contributed by atoms with van der Waals surface area (Å²) in [6.07, 6.45) is 3.78. The van der Waals surface area contributed by atoms with Crippen molar-refractivity contribution in [1.82, 2.24) is 9.55 Å². The normalized spacial score (nSPS) is 18.1. The molecule has 0 saturated carbocycles. The molecule has 1 aromatic carbocycles. The lowest BCUT2D eigenvalue weighted by molar-refractivity contribution is -0.175. The van der Waals surface area contributed by atoms with Gasteiger partial charge in [0, 0.05) is 33.9 Å². The quantitative estimate of drug-likeness (QED) is 0.0350. The van der Waals surface area contributed by atoms with Crippen LogP contribution in [0.1, 0.15) is 62.1 Å². The van der Waals surface area contributed by atoms with Crippen LogP contribution in [0.2, 0.25) is 0 Å². The Morgan fingerprint density at radius 2 is 1.52 bits per heavy atom. The van der Waals surface area contributed by atoms with Crippen LogP contribution in [0.15, 0.2) is 41.2 Å². The fourth-order valence-electron chi connectivity index (χ4n) is 6.91. The van der Waals surface area contributed by atoms with Crippen LogP contribution in [0.5, 0.6) is 0 Å². The topological polar surface area (TPSA) is 169 Å². The summed E-state index contributed by atoms with van der Waals surface area (Å²) in [5.41, 5.74) is 1.19. The summed E-state index contributed by atoms with van der Waals surface area (Å²) in [4.78, 5) is 56.4. The number of ether oxygens (including phenoxy) is 9. The van der Waals surface area contributed by atoms with E-state index >= 15 is 0 Å². The minimum atomic E-state index is -1.86. The van der Waals surface area contributed by atoms with Crippen molar-refractivity contribution in [2.75, 3.05) is 85.0 Å². The molecule has 0 spiro atoms. The average Bonchev–Trinajstić information content (AvgIpc) is 3.89. The second-order valence-corrected chi connectivity index (χ2v) is 16.6. The van der Waals surface area contributed by atoms with E-state index in [4.69, 9.17) is 47.6 Å². The van der Waals surface area contributed by atoms with Gasteiger partial charge < -0.3 is 47.2 Å². The van der Waals surface area contributed by atoms with Gasteiger partial charge in [-0.15, -0.1) is 0 Å². The summed E-state index contributed by atoms with van der Waals surface area (Å²) in [6.45, 7) is 5.30. The highest BCUT2D eigenvalue weighted by Crippen LogP contribution is 2.41. The molecule has 3 aromatic rings. The zero-order valence-corrected chi connectivity index (χ0v) is 34.5. The largest absolute Gasteiger partial charge is 0.509 e. The molecule has 58 heavy (non-hydrogen) atoms. The first kappa shape index (κ1) is 43.9. The molecule has 1 saturated heterocycles. The SMILES string of the molecule is CCC1(OC(=O)OCCOCCOCCOCCOCCOCCOC(=O)CCCCC2CCSS2)C(=O)OCc2c1cc1n(c2=O)Cc2cc3ccccc3nc2-1. The number of rotatable bonds is 25. The van der Waals surface area contributed by atoms with E-state index in [2.05, 4.69) is 0 Å². The van der Waals surface area contributed by atoms with Crippen molar-refractivity contribution in [1.29, 1.82) is 0 Å². The maximum atomic E-state index is 13.7. The third-order valence-electron chi connectivity index (χ3n) is 9.95. The number of carbonyl (C=O) groups is 3. The molecule has 0 aliphatic carbocycles. The van der Waals surface area contributed by atoms with E-state index in [-0.39, 0.29) is 62.1 Å². The highest BCUT2D eigenvalue weighted by atomic mass is 33.1. The lowest BCUT2D eigenvalue weighted by atomic mass is 9.85. The number of carbonyl (C=O) groups excluding carboxylic acids is 3. The van der Waals surface area contributed by atoms with Gasteiger partial charge in [-0.05, 0) is 43.9 Å². The molecule has 2 unspecified atom stereocenters. The van der Waals surface area contributed by atoms with E-state index in [9.17, 15) is 19.2 Å². The van der Waals surface area contributed by atoms with Gasteiger partial charge in [-0.25, -0.2) is 14.6 Å². The van der Waals surface area contributed by atoms with Gasteiger partial charge in [0.15, 0.2) is 0 Å². The van der Waals surface area contributed by atoms with Gasteiger partial charge in [-0.2, -0.15) is 0 Å². The molecule has 0 radical (unpaired) electrons. The Hall–Kier alpha value is -3.71. The second-order valence-electron chi connectivity index (χ2n) is 13.8.